The highest BCUT2D eigenvalue weighted by Crippen LogP contribution is 2.32. The Morgan fingerprint density at radius 1 is 1.28 bits per heavy atom. The van der Waals surface area contributed by atoms with Gasteiger partial charge in [0.15, 0.2) is 5.82 Å². The first-order valence-electron chi connectivity index (χ1n) is 4.99. The Hall–Kier alpha value is -1.36. The smallest absolute Gasteiger partial charge is 0.256 e. The van der Waals surface area contributed by atoms with Gasteiger partial charge in [-0.3, -0.25) is 0 Å². The fourth-order valence-electron chi connectivity index (χ4n) is 1.32. The van der Waals surface area contributed by atoms with E-state index in [-0.39, 0.29) is 22.2 Å². The van der Waals surface area contributed by atoms with Gasteiger partial charge in [-0.15, -0.1) is 0 Å². The zero-order valence-electron chi connectivity index (χ0n) is 9.03. The monoisotopic (exact) mass is 287 g/mol. The molecule has 0 atom stereocenters. The molecule has 1 N–H and O–H groups in total. The van der Waals surface area contributed by atoms with Gasteiger partial charge in [0.2, 0.25) is 0 Å². The summed E-state index contributed by atoms with van der Waals surface area (Å²) in [6.45, 7) is -0.431. The molecule has 0 bridgehead atoms. The standard InChI is InChI=1S/C12H8Cl2FNO2/c13-8-1-2-10(9(14)5-8)18-12-11(15)7(6-17)3-4-16-12/h1-5,17H,6H2. The average molecular weight is 288 g/mol. The van der Waals surface area contributed by atoms with E-state index in [4.69, 9.17) is 33.0 Å². The molecule has 0 unspecified atom stereocenters. The number of nitrogens with zero attached hydrogens (tertiary/aromatic N) is 1. The predicted octanol–water partition coefficient (Wildman–Crippen LogP) is 3.81. The highest BCUT2D eigenvalue weighted by Gasteiger charge is 2.12. The van der Waals surface area contributed by atoms with E-state index in [2.05, 4.69) is 4.98 Å². The van der Waals surface area contributed by atoms with Crippen LogP contribution in [0.2, 0.25) is 10.0 Å². The van der Waals surface area contributed by atoms with Crippen LogP contribution in [-0.2, 0) is 6.61 Å². The molecule has 18 heavy (non-hydrogen) atoms. The van der Waals surface area contributed by atoms with Crippen molar-refractivity contribution >= 4 is 23.2 Å². The maximum Gasteiger partial charge on any atom is 0.256 e. The van der Waals surface area contributed by atoms with Crippen LogP contribution in [0.25, 0.3) is 0 Å². The minimum absolute atomic E-state index is 0.102. The maximum atomic E-state index is 13.8. The number of ether oxygens (including phenoxy) is 1. The molecule has 0 radical (unpaired) electrons. The van der Waals surface area contributed by atoms with Gasteiger partial charge in [-0.05, 0) is 24.3 Å². The lowest BCUT2D eigenvalue weighted by Gasteiger charge is -2.09. The highest BCUT2D eigenvalue weighted by molar-refractivity contribution is 6.35. The third kappa shape index (κ3) is 2.72. The SMILES string of the molecule is OCc1ccnc(Oc2ccc(Cl)cc2Cl)c1F. The van der Waals surface area contributed by atoms with Crippen LogP contribution in [0.5, 0.6) is 11.6 Å². The molecule has 3 nitrogen and oxygen atoms in total. The van der Waals surface area contributed by atoms with E-state index < -0.39 is 12.4 Å². The average Bonchev–Trinajstić information content (AvgIpc) is 2.35. The molecule has 0 aliphatic carbocycles. The molecule has 0 amide bonds. The highest BCUT2D eigenvalue weighted by atomic mass is 35.5. The second-order valence-corrected chi connectivity index (χ2v) is 4.27. The molecule has 0 aliphatic rings. The number of halogens is 3. The maximum absolute atomic E-state index is 13.8. The van der Waals surface area contributed by atoms with Crippen LogP contribution in [0.15, 0.2) is 30.5 Å². The molecule has 94 valence electrons. The summed E-state index contributed by atoms with van der Waals surface area (Å²) >= 11 is 11.6. The number of aliphatic hydroxyl groups excluding tert-OH is 1. The Balaban J connectivity index is 2.34. The van der Waals surface area contributed by atoms with Crippen LogP contribution in [-0.4, -0.2) is 10.1 Å². The van der Waals surface area contributed by atoms with Gasteiger partial charge in [0.05, 0.1) is 11.6 Å². The van der Waals surface area contributed by atoms with Gasteiger partial charge in [0, 0.05) is 16.8 Å². The molecule has 2 aromatic rings. The number of hydrogen-bond acceptors (Lipinski definition) is 3. The van der Waals surface area contributed by atoms with Crippen LogP contribution in [0, 0.1) is 5.82 Å². The van der Waals surface area contributed by atoms with Gasteiger partial charge >= 0.3 is 0 Å². The van der Waals surface area contributed by atoms with Crippen molar-refractivity contribution in [1.29, 1.82) is 0 Å². The summed E-state index contributed by atoms with van der Waals surface area (Å²) in [6, 6.07) is 5.92. The zero-order chi connectivity index (χ0) is 13.1. The molecule has 6 heteroatoms. The molecule has 1 aromatic carbocycles. The van der Waals surface area contributed by atoms with E-state index >= 15 is 0 Å². The lowest BCUT2D eigenvalue weighted by Crippen LogP contribution is -1.97. The lowest BCUT2D eigenvalue weighted by atomic mass is 10.2. The Bertz CT molecular complexity index is 578. The lowest BCUT2D eigenvalue weighted by molar-refractivity contribution is 0.273. The summed E-state index contributed by atoms with van der Waals surface area (Å²) in [6.07, 6.45) is 1.34. The van der Waals surface area contributed by atoms with Crippen molar-refractivity contribution in [1.82, 2.24) is 4.98 Å². The number of benzene rings is 1. The fraction of sp³-hybridized carbons (Fsp3) is 0.0833. The summed E-state index contributed by atoms with van der Waals surface area (Å²) in [4.78, 5) is 3.75. The Morgan fingerprint density at radius 3 is 2.72 bits per heavy atom. The summed E-state index contributed by atoms with van der Waals surface area (Å²) in [5.41, 5.74) is 0.102. The molecule has 0 saturated carbocycles. The van der Waals surface area contributed by atoms with Crippen molar-refractivity contribution in [3.63, 3.8) is 0 Å². The first-order chi connectivity index (χ1) is 8.61. The second-order valence-electron chi connectivity index (χ2n) is 3.42. The molecule has 0 saturated heterocycles. The van der Waals surface area contributed by atoms with Crippen molar-refractivity contribution in [3.05, 3.63) is 51.9 Å². The minimum atomic E-state index is -0.717. The second kappa shape index (κ2) is 5.52. The Kier molecular flexibility index (Phi) is 4.01. The van der Waals surface area contributed by atoms with Gasteiger partial charge in [-0.1, -0.05) is 23.2 Å². The van der Waals surface area contributed by atoms with Crippen LogP contribution in [0.1, 0.15) is 5.56 Å². The van der Waals surface area contributed by atoms with Crippen LogP contribution >= 0.6 is 23.2 Å². The van der Waals surface area contributed by atoms with Crippen molar-refractivity contribution in [3.8, 4) is 11.6 Å². The number of aromatic nitrogens is 1. The number of pyridine rings is 1. The van der Waals surface area contributed by atoms with E-state index in [0.29, 0.717) is 5.02 Å². The first kappa shape index (κ1) is 13.1. The Morgan fingerprint density at radius 2 is 2.06 bits per heavy atom. The van der Waals surface area contributed by atoms with E-state index in [1.807, 2.05) is 0 Å². The van der Waals surface area contributed by atoms with Gasteiger partial charge in [0.25, 0.3) is 5.88 Å². The molecular formula is C12H8Cl2FNO2. The normalized spacial score (nSPS) is 10.4. The molecule has 0 spiro atoms. The molecular weight excluding hydrogens is 280 g/mol. The topological polar surface area (TPSA) is 42.4 Å². The van der Waals surface area contributed by atoms with Crippen LogP contribution in [0.4, 0.5) is 4.39 Å². The Labute approximate surface area is 113 Å². The predicted molar refractivity (Wildman–Crippen MR) is 66.7 cm³/mol. The summed E-state index contributed by atoms with van der Waals surface area (Å²) in [5.74, 6) is -0.723. The first-order valence-corrected chi connectivity index (χ1v) is 5.74. The quantitative estimate of drug-likeness (QED) is 0.933. The van der Waals surface area contributed by atoms with Gasteiger partial charge in [0.1, 0.15) is 5.75 Å². The van der Waals surface area contributed by atoms with Gasteiger partial charge < -0.3 is 9.84 Å². The van der Waals surface area contributed by atoms with E-state index in [0.717, 1.165) is 0 Å². The number of hydrogen-bond donors (Lipinski definition) is 1. The van der Waals surface area contributed by atoms with Crippen molar-refractivity contribution < 1.29 is 14.2 Å². The summed E-state index contributed by atoms with van der Waals surface area (Å²) in [5, 5.41) is 9.63. The zero-order valence-corrected chi connectivity index (χ0v) is 10.5. The molecule has 0 aliphatic heterocycles. The van der Waals surface area contributed by atoms with Gasteiger partial charge in [-0.2, -0.15) is 0 Å². The third-order valence-electron chi connectivity index (χ3n) is 2.21. The molecule has 0 fully saturated rings. The summed E-state index contributed by atoms with van der Waals surface area (Å²) < 4.78 is 19.0. The van der Waals surface area contributed by atoms with E-state index in [1.54, 1.807) is 6.07 Å². The van der Waals surface area contributed by atoms with Crippen LogP contribution < -0.4 is 4.74 Å². The van der Waals surface area contributed by atoms with Crippen molar-refractivity contribution in [2.75, 3.05) is 0 Å². The van der Waals surface area contributed by atoms with Crippen LogP contribution in [0.3, 0.4) is 0 Å². The largest absolute Gasteiger partial charge is 0.435 e. The van der Waals surface area contributed by atoms with E-state index in [9.17, 15) is 4.39 Å². The molecule has 1 heterocycles. The molecule has 1 aromatic heterocycles. The fourth-order valence-corrected chi connectivity index (χ4v) is 1.76. The molecule has 2 rings (SSSR count). The van der Waals surface area contributed by atoms with Crippen molar-refractivity contribution in [2.45, 2.75) is 6.61 Å². The van der Waals surface area contributed by atoms with E-state index in [1.165, 1.54) is 24.4 Å². The minimum Gasteiger partial charge on any atom is -0.435 e. The number of rotatable bonds is 3. The van der Waals surface area contributed by atoms with Gasteiger partial charge in [-0.25, -0.2) is 9.37 Å². The van der Waals surface area contributed by atoms with Crippen molar-refractivity contribution in [2.24, 2.45) is 0 Å². The third-order valence-corrected chi connectivity index (χ3v) is 2.74. The number of aliphatic hydroxyl groups is 1. The summed E-state index contributed by atoms with van der Waals surface area (Å²) in [7, 11) is 0.